The van der Waals surface area contributed by atoms with E-state index in [4.69, 9.17) is 21.1 Å². The molecule has 1 aromatic carbocycles. The first kappa shape index (κ1) is 19.5. The second-order valence-electron chi connectivity index (χ2n) is 4.89. The lowest BCUT2D eigenvalue weighted by atomic mass is 10.2. The van der Waals surface area contributed by atoms with Crippen molar-refractivity contribution in [1.29, 1.82) is 0 Å². The summed E-state index contributed by atoms with van der Waals surface area (Å²) in [5.74, 6) is -0.169. The molecule has 0 aromatic heterocycles. The average Bonchev–Trinajstić information content (AvgIpc) is 2.46. The Morgan fingerprint density at radius 2 is 2.00 bits per heavy atom. The van der Waals surface area contributed by atoms with Gasteiger partial charge >= 0.3 is 0 Å². The molecule has 0 aliphatic carbocycles. The molecule has 0 aliphatic heterocycles. The maximum atomic E-state index is 12.1. The standard InChI is InChI=1S/C14H21ClN2O5S/c1-10-7-12(13(22-3)8-11(10)15)17(23(4,19)20)9-14(18)16-5-6-21-2/h7-8H,5-6,9H2,1-4H3,(H,16,18). The number of hydrogen-bond acceptors (Lipinski definition) is 5. The first-order valence-corrected chi connectivity index (χ1v) is 9.00. The van der Waals surface area contributed by atoms with Crippen LogP contribution in [0.25, 0.3) is 0 Å². The highest BCUT2D eigenvalue weighted by molar-refractivity contribution is 7.92. The van der Waals surface area contributed by atoms with Crippen LogP contribution in [0.2, 0.25) is 5.02 Å². The summed E-state index contributed by atoms with van der Waals surface area (Å²) >= 11 is 6.03. The third kappa shape index (κ3) is 5.56. The molecule has 9 heteroatoms. The molecule has 23 heavy (non-hydrogen) atoms. The van der Waals surface area contributed by atoms with Crippen molar-refractivity contribution in [3.8, 4) is 5.75 Å². The van der Waals surface area contributed by atoms with Gasteiger partial charge in [0.15, 0.2) is 0 Å². The van der Waals surface area contributed by atoms with Gasteiger partial charge in [0.05, 0.1) is 25.7 Å². The fourth-order valence-electron chi connectivity index (χ4n) is 1.87. The smallest absolute Gasteiger partial charge is 0.240 e. The number of anilines is 1. The number of nitrogens with one attached hydrogen (secondary N) is 1. The predicted molar refractivity (Wildman–Crippen MR) is 89.8 cm³/mol. The van der Waals surface area contributed by atoms with Crippen LogP contribution in [0.15, 0.2) is 12.1 Å². The summed E-state index contributed by atoms with van der Waals surface area (Å²) in [7, 11) is -0.771. The number of methoxy groups -OCH3 is 2. The number of hydrogen-bond donors (Lipinski definition) is 1. The molecule has 0 spiro atoms. The topological polar surface area (TPSA) is 84.9 Å². The largest absolute Gasteiger partial charge is 0.494 e. The van der Waals surface area contributed by atoms with Gasteiger partial charge in [-0.3, -0.25) is 9.10 Å². The van der Waals surface area contributed by atoms with E-state index in [1.807, 2.05) is 0 Å². The molecule has 1 aromatic rings. The number of benzene rings is 1. The first-order valence-electron chi connectivity index (χ1n) is 6.78. The van der Waals surface area contributed by atoms with E-state index < -0.39 is 15.9 Å². The molecule has 0 unspecified atom stereocenters. The summed E-state index contributed by atoms with van der Waals surface area (Å²) < 4.78 is 35.2. The molecular weight excluding hydrogens is 344 g/mol. The number of halogens is 1. The van der Waals surface area contributed by atoms with E-state index in [1.54, 1.807) is 13.0 Å². The van der Waals surface area contributed by atoms with Gasteiger partial charge in [0.1, 0.15) is 12.3 Å². The Bertz CT molecular complexity index is 663. The maximum absolute atomic E-state index is 12.1. The molecule has 0 fully saturated rings. The van der Waals surface area contributed by atoms with E-state index in [2.05, 4.69) is 5.32 Å². The van der Waals surface area contributed by atoms with Crippen LogP contribution in [-0.2, 0) is 19.6 Å². The van der Waals surface area contributed by atoms with Crippen LogP contribution in [0.3, 0.4) is 0 Å². The molecule has 0 bridgehead atoms. The van der Waals surface area contributed by atoms with Gasteiger partial charge in [-0.05, 0) is 18.6 Å². The Morgan fingerprint density at radius 3 is 2.52 bits per heavy atom. The van der Waals surface area contributed by atoms with Crippen molar-refractivity contribution in [2.45, 2.75) is 6.92 Å². The van der Waals surface area contributed by atoms with Crippen molar-refractivity contribution >= 4 is 33.2 Å². The van der Waals surface area contributed by atoms with Gasteiger partial charge in [-0.15, -0.1) is 0 Å². The monoisotopic (exact) mass is 364 g/mol. The zero-order chi connectivity index (χ0) is 17.6. The molecule has 1 rings (SSSR count). The van der Waals surface area contributed by atoms with Gasteiger partial charge in [-0.2, -0.15) is 0 Å². The second-order valence-corrected chi connectivity index (χ2v) is 7.20. The molecular formula is C14H21ClN2O5S. The van der Waals surface area contributed by atoms with Crippen LogP contribution < -0.4 is 14.4 Å². The molecule has 0 aliphatic rings. The second kappa shape index (κ2) is 8.37. The number of sulfonamides is 1. The van der Waals surface area contributed by atoms with Crippen molar-refractivity contribution in [2.24, 2.45) is 0 Å². The van der Waals surface area contributed by atoms with E-state index in [0.717, 1.165) is 10.6 Å². The Morgan fingerprint density at radius 1 is 1.35 bits per heavy atom. The Hall–Kier alpha value is -1.51. The Labute approximate surface area is 141 Å². The zero-order valence-corrected chi connectivity index (χ0v) is 15.1. The van der Waals surface area contributed by atoms with E-state index >= 15 is 0 Å². The molecule has 0 heterocycles. The summed E-state index contributed by atoms with van der Waals surface area (Å²) in [6.45, 7) is 2.02. The van der Waals surface area contributed by atoms with Gasteiger partial charge in [-0.1, -0.05) is 11.6 Å². The lowest BCUT2D eigenvalue weighted by Gasteiger charge is -2.24. The number of carbonyl (C=O) groups excluding carboxylic acids is 1. The summed E-state index contributed by atoms with van der Waals surface area (Å²) in [5, 5.41) is 3.03. The molecule has 0 atom stereocenters. The normalized spacial score (nSPS) is 11.2. The zero-order valence-electron chi connectivity index (χ0n) is 13.6. The molecule has 0 radical (unpaired) electrons. The predicted octanol–water partition coefficient (Wildman–Crippen LogP) is 1.19. The van der Waals surface area contributed by atoms with Crippen molar-refractivity contribution < 1.29 is 22.7 Å². The average molecular weight is 365 g/mol. The number of ether oxygens (including phenoxy) is 2. The third-order valence-corrected chi connectivity index (χ3v) is 4.58. The highest BCUT2D eigenvalue weighted by Gasteiger charge is 2.24. The van der Waals surface area contributed by atoms with E-state index in [0.29, 0.717) is 23.7 Å². The Balaban J connectivity index is 3.14. The van der Waals surface area contributed by atoms with Crippen LogP contribution in [0.4, 0.5) is 5.69 Å². The van der Waals surface area contributed by atoms with Crippen LogP contribution in [-0.4, -0.2) is 54.5 Å². The lowest BCUT2D eigenvalue weighted by Crippen LogP contribution is -2.41. The van der Waals surface area contributed by atoms with Crippen LogP contribution in [0, 0.1) is 6.92 Å². The van der Waals surface area contributed by atoms with Crippen molar-refractivity contribution in [3.05, 3.63) is 22.7 Å². The quantitative estimate of drug-likeness (QED) is 0.700. The summed E-state index contributed by atoms with van der Waals surface area (Å²) in [6, 6.07) is 3.10. The van der Waals surface area contributed by atoms with Crippen LogP contribution >= 0.6 is 11.6 Å². The van der Waals surface area contributed by atoms with E-state index in [-0.39, 0.29) is 18.0 Å². The minimum Gasteiger partial charge on any atom is -0.494 e. The van der Waals surface area contributed by atoms with E-state index in [1.165, 1.54) is 20.3 Å². The molecule has 0 saturated heterocycles. The van der Waals surface area contributed by atoms with Crippen molar-refractivity contribution in [2.75, 3.05) is 44.5 Å². The molecule has 7 nitrogen and oxygen atoms in total. The van der Waals surface area contributed by atoms with Gasteiger partial charge in [0, 0.05) is 24.7 Å². The van der Waals surface area contributed by atoms with Crippen LogP contribution in [0.5, 0.6) is 5.75 Å². The van der Waals surface area contributed by atoms with Gasteiger partial charge in [-0.25, -0.2) is 8.42 Å². The molecule has 1 N–H and O–H groups in total. The molecule has 1 amide bonds. The maximum Gasteiger partial charge on any atom is 0.240 e. The van der Waals surface area contributed by atoms with Gasteiger partial charge in [0.25, 0.3) is 0 Å². The summed E-state index contributed by atoms with van der Waals surface area (Å²) in [5.41, 5.74) is 0.940. The fraction of sp³-hybridized carbons (Fsp3) is 0.500. The highest BCUT2D eigenvalue weighted by Crippen LogP contribution is 2.34. The fourth-order valence-corrected chi connectivity index (χ4v) is 2.87. The van der Waals surface area contributed by atoms with Crippen molar-refractivity contribution in [3.63, 3.8) is 0 Å². The third-order valence-electron chi connectivity index (χ3n) is 3.04. The Kier molecular flexibility index (Phi) is 7.11. The lowest BCUT2D eigenvalue weighted by molar-refractivity contribution is -0.119. The van der Waals surface area contributed by atoms with E-state index in [9.17, 15) is 13.2 Å². The van der Waals surface area contributed by atoms with Crippen molar-refractivity contribution in [1.82, 2.24) is 5.32 Å². The first-order chi connectivity index (χ1) is 10.7. The highest BCUT2D eigenvalue weighted by atomic mass is 35.5. The number of carbonyl (C=O) groups is 1. The number of rotatable bonds is 8. The minimum atomic E-state index is -3.69. The van der Waals surface area contributed by atoms with Gasteiger partial charge in [0.2, 0.25) is 15.9 Å². The number of nitrogens with zero attached hydrogens (tertiary/aromatic N) is 1. The number of amides is 1. The minimum absolute atomic E-state index is 0.263. The molecule has 0 saturated carbocycles. The SMILES string of the molecule is COCCNC(=O)CN(c1cc(C)c(Cl)cc1OC)S(C)(=O)=O. The van der Waals surface area contributed by atoms with Gasteiger partial charge < -0.3 is 14.8 Å². The summed E-state index contributed by atoms with van der Waals surface area (Å²) in [4.78, 5) is 12.0. The molecule has 130 valence electrons. The number of aryl methyl sites for hydroxylation is 1. The van der Waals surface area contributed by atoms with Crippen LogP contribution in [0.1, 0.15) is 5.56 Å². The summed E-state index contributed by atoms with van der Waals surface area (Å²) in [6.07, 6.45) is 1.03.